The number of hydrogen-bond acceptors (Lipinski definition) is 2. The van der Waals surface area contributed by atoms with E-state index in [0.717, 1.165) is 36.7 Å². The molecule has 1 N–H and O–H groups in total. The van der Waals surface area contributed by atoms with Crippen LogP contribution < -0.4 is 5.32 Å². The molecule has 1 fully saturated rings. The molecule has 0 spiro atoms. The van der Waals surface area contributed by atoms with E-state index in [1.165, 1.54) is 12.8 Å². The highest BCUT2D eigenvalue weighted by molar-refractivity contribution is 5.86. The van der Waals surface area contributed by atoms with Crippen LogP contribution in [0.4, 0.5) is 5.69 Å². The van der Waals surface area contributed by atoms with Crippen LogP contribution in [0, 0.1) is 5.92 Å². The Morgan fingerprint density at radius 3 is 2.89 bits per heavy atom. The van der Waals surface area contributed by atoms with E-state index in [1.54, 1.807) is 0 Å². The maximum absolute atomic E-state index is 12.5. The second-order valence-electron chi connectivity index (χ2n) is 5.52. The third kappa shape index (κ3) is 2.22. The Balaban J connectivity index is 1.77. The van der Waals surface area contributed by atoms with Gasteiger partial charge in [-0.3, -0.25) is 4.79 Å². The summed E-state index contributed by atoms with van der Waals surface area (Å²) in [5, 5.41) is 3.37. The van der Waals surface area contributed by atoms with Gasteiger partial charge in [0.15, 0.2) is 0 Å². The van der Waals surface area contributed by atoms with Gasteiger partial charge in [0, 0.05) is 25.8 Å². The van der Waals surface area contributed by atoms with Crippen molar-refractivity contribution in [2.24, 2.45) is 5.92 Å². The molecule has 3 heteroatoms. The van der Waals surface area contributed by atoms with E-state index in [0.29, 0.717) is 0 Å². The summed E-state index contributed by atoms with van der Waals surface area (Å²) in [7, 11) is 1.95. The fourth-order valence-corrected chi connectivity index (χ4v) is 2.77. The number of fused-ring (bicyclic) bond motifs is 1. The van der Waals surface area contributed by atoms with E-state index in [1.807, 2.05) is 24.1 Å². The van der Waals surface area contributed by atoms with Gasteiger partial charge in [-0.25, -0.2) is 0 Å². The van der Waals surface area contributed by atoms with E-state index in [9.17, 15) is 4.79 Å². The first-order chi connectivity index (χ1) is 8.75. The van der Waals surface area contributed by atoms with Gasteiger partial charge >= 0.3 is 0 Å². The van der Waals surface area contributed by atoms with Gasteiger partial charge < -0.3 is 10.2 Å². The quantitative estimate of drug-likeness (QED) is 0.885. The minimum atomic E-state index is 0.0474. The molecule has 1 unspecified atom stereocenters. The number of likely N-dealkylation sites (N-methyl/N-ethyl adjacent to an activating group) is 1. The molecule has 1 saturated carbocycles. The molecule has 3 rings (SSSR count). The van der Waals surface area contributed by atoms with Crippen LogP contribution in [0.15, 0.2) is 24.3 Å². The van der Waals surface area contributed by atoms with Crippen molar-refractivity contribution >= 4 is 11.6 Å². The van der Waals surface area contributed by atoms with Crippen LogP contribution in [-0.2, 0) is 4.79 Å². The number of hydrogen-bond donors (Lipinski definition) is 1. The lowest BCUT2D eigenvalue weighted by molar-refractivity contribution is -0.131. The molecule has 1 aromatic rings. The number of amides is 1. The van der Waals surface area contributed by atoms with Gasteiger partial charge in [0.2, 0.25) is 5.91 Å². The first-order valence-electron chi connectivity index (χ1n) is 6.83. The zero-order chi connectivity index (χ0) is 12.5. The van der Waals surface area contributed by atoms with Gasteiger partial charge in [-0.05, 0) is 36.8 Å². The van der Waals surface area contributed by atoms with Gasteiger partial charge in [-0.15, -0.1) is 0 Å². The molecule has 1 heterocycles. The molecule has 96 valence electrons. The van der Waals surface area contributed by atoms with E-state index < -0.39 is 0 Å². The molecule has 1 aliphatic heterocycles. The molecule has 1 amide bonds. The molecule has 0 bridgehead atoms. The molecule has 2 aliphatic rings. The number of carbonyl (C=O) groups is 1. The van der Waals surface area contributed by atoms with Crippen molar-refractivity contribution in [3.8, 4) is 0 Å². The summed E-state index contributed by atoms with van der Waals surface area (Å²) in [5.41, 5.74) is 2.29. The van der Waals surface area contributed by atoms with Crippen molar-refractivity contribution in [2.75, 3.05) is 25.5 Å². The van der Waals surface area contributed by atoms with Crippen molar-refractivity contribution in [1.29, 1.82) is 0 Å². The lowest BCUT2D eigenvalue weighted by Gasteiger charge is -2.29. The number of para-hydroxylation sites is 1. The predicted octanol–water partition coefficient (Wildman–Crippen LogP) is 2.45. The Bertz CT molecular complexity index is 454. The van der Waals surface area contributed by atoms with Crippen LogP contribution in [0.2, 0.25) is 0 Å². The summed E-state index contributed by atoms with van der Waals surface area (Å²) in [6.07, 6.45) is 3.49. The second kappa shape index (κ2) is 4.63. The van der Waals surface area contributed by atoms with Crippen molar-refractivity contribution in [2.45, 2.75) is 25.2 Å². The molecular formula is C15H20N2O. The second-order valence-corrected chi connectivity index (χ2v) is 5.52. The minimum Gasteiger partial charge on any atom is -0.385 e. The normalized spacial score (nSPS) is 21.9. The van der Waals surface area contributed by atoms with Crippen LogP contribution in [0.25, 0.3) is 0 Å². The maximum Gasteiger partial charge on any atom is 0.230 e. The van der Waals surface area contributed by atoms with Gasteiger partial charge in [-0.2, -0.15) is 0 Å². The van der Waals surface area contributed by atoms with E-state index in [4.69, 9.17) is 0 Å². The summed E-state index contributed by atoms with van der Waals surface area (Å²) in [4.78, 5) is 14.5. The molecule has 0 saturated heterocycles. The first kappa shape index (κ1) is 11.6. The number of nitrogens with zero attached hydrogens (tertiary/aromatic N) is 1. The highest BCUT2D eigenvalue weighted by Crippen LogP contribution is 2.34. The zero-order valence-corrected chi connectivity index (χ0v) is 10.9. The first-order valence-corrected chi connectivity index (χ1v) is 6.83. The molecule has 1 aromatic carbocycles. The summed E-state index contributed by atoms with van der Waals surface area (Å²) in [6, 6.07) is 8.18. The maximum atomic E-state index is 12.5. The number of carbonyl (C=O) groups excluding carboxylic acids is 1. The molecule has 18 heavy (non-hydrogen) atoms. The van der Waals surface area contributed by atoms with Crippen LogP contribution in [-0.4, -0.2) is 30.9 Å². The number of nitrogens with one attached hydrogen (secondary N) is 1. The molecule has 0 radical (unpaired) electrons. The van der Waals surface area contributed by atoms with E-state index >= 15 is 0 Å². The van der Waals surface area contributed by atoms with Gasteiger partial charge in [0.05, 0.1) is 5.92 Å². The fraction of sp³-hybridized carbons (Fsp3) is 0.533. The Hall–Kier alpha value is -1.51. The van der Waals surface area contributed by atoms with Crippen molar-refractivity contribution < 1.29 is 4.79 Å². The van der Waals surface area contributed by atoms with E-state index in [2.05, 4.69) is 17.4 Å². The van der Waals surface area contributed by atoms with Crippen molar-refractivity contribution in [3.63, 3.8) is 0 Å². The van der Waals surface area contributed by atoms with E-state index in [-0.39, 0.29) is 11.8 Å². The summed E-state index contributed by atoms with van der Waals surface area (Å²) < 4.78 is 0. The summed E-state index contributed by atoms with van der Waals surface area (Å²) in [6.45, 7) is 1.83. The Kier molecular flexibility index (Phi) is 2.98. The fourth-order valence-electron chi connectivity index (χ4n) is 2.77. The van der Waals surface area contributed by atoms with Crippen LogP contribution in [0.5, 0.6) is 0 Å². The van der Waals surface area contributed by atoms with Crippen LogP contribution in [0.1, 0.15) is 30.7 Å². The third-order valence-electron chi connectivity index (χ3n) is 3.99. The highest BCUT2D eigenvalue weighted by Gasteiger charge is 2.31. The standard InChI is InChI=1S/C15H20N2O/c1-17(10-11-6-7-11)15(18)13-8-9-16-14-5-3-2-4-12(13)14/h2-5,11,13,16H,6-10H2,1H3. The Morgan fingerprint density at radius 1 is 1.33 bits per heavy atom. The third-order valence-corrected chi connectivity index (χ3v) is 3.99. The Morgan fingerprint density at radius 2 is 2.11 bits per heavy atom. The lowest BCUT2D eigenvalue weighted by atomic mass is 9.90. The average Bonchev–Trinajstić information content (AvgIpc) is 3.21. The monoisotopic (exact) mass is 244 g/mol. The van der Waals surface area contributed by atoms with Gasteiger partial charge in [-0.1, -0.05) is 18.2 Å². The van der Waals surface area contributed by atoms with Crippen molar-refractivity contribution in [3.05, 3.63) is 29.8 Å². The average molecular weight is 244 g/mol. The topological polar surface area (TPSA) is 32.3 Å². The van der Waals surface area contributed by atoms with Crippen LogP contribution in [0.3, 0.4) is 0 Å². The largest absolute Gasteiger partial charge is 0.385 e. The molecule has 0 aromatic heterocycles. The predicted molar refractivity (Wildman–Crippen MR) is 72.7 cm³/mol. The summed E-state index contributed by atoms with van der Waals surface area (Å²) in [5.74, 6) is 1.10. The SMILES string of the molecule is CN(CC1CC1)C(=O)C1CCNc2ccccc21. The molecule has 3 nitrogen and oxygen atoms in total. The van der Waals surface area contributed by atoms with Crippen LogP contribution >= 0.6 is 0 Å². The van der Waals surface area contributed by atoms with Gasteiger partial charge in [0.25, 0.3) is 0 Å². The molecule has 1 atom stereocenters. The smallest absolute Gasteiger partial charge is 0.230 e. The van der Waals surface area contributed by atoms with Crippen molar-refractivity contribution in [1.82, 2.24) is 4.90 Å². The Labute approximate surface area is 108 Å². The highest BCUT2D eigenvalue weighted by atomic mass is 16.2. The summed E-state index contributed by atoms with van der Waals surface area (Å²) >= 11 is 0. The molecule has 1 aliphatic carbocycles. The minimum absolute atomic E-state index is 0.0474. The number of benzene rings is 1. The zero-order valence-electron chi connectivity index (χ0n) is 10.9. The number of anilines is 1. The molecular weight excluding hydrogens is 224 g/mol. The lowest BCUT2D eigenvalue weighted by Crippen LogP contribution is -2.35. The number of rotatable bonds is 3. The van der Waals surface area contributed by atoms with Gasteiger partial charge in [0.1, 0.15) is 0 Å².